The van der Waals surface area contributed by atoms with E-state index in [0.29, 0.717) is 12.3 Å². The molecule has 2 atom stereocenters. The minimum atomic E-state index is -0.636. The van der Waals surface area contributed by atoms with Crippen LogP contribution in [0.3, 0.4) is 0 Å². The van der Waals surface area contributed by atoms with E-state index in [9.17, 15) is 10.2 Å². The van der Waals surface area contributed by atoms with Crippen LogP contribution in [0.1, 0.15) is 63.0 Å². The van der Waals surface area contributed by atoms with Gasteiger partial charge in [-0.05, 0) is 35.8 Å². The highest BCUT2D eigenvalue weighted by atomic mass is 16.3. The molecule has 2 N–H and O–H groups in total. The molecule has 1 aromatic carbocycles. The van der Waals surface area contributed by atoms with Crippen molar-refractivity contribution < 1.29 is 10.2 Å². The van der Waals surface area contributed by atoms with Gasteiger partial charge in [-0.15, -0.1) is 0 Å². The predicted molar refractivity (Wildman–Crippen MR) is 82.8 cm³/mol. The van der Waals surface area contributed by atoms with Crippen molar-refractivity contribution in [3.8, 4) is 0 Å². The number of hydrogen-bond acceptors (Lipinski definition) is 2. The van der Waals surface area contributed by atoms with Crippen LogP contribution in [-0.4, -0.2) is 22.4 Å². The second-order valence-electron chi connectivity index (χ2n) is 6.56. The number of rotatable bonds is 5. The maximum absolute atomic E-state index is 10.3. The minimum absolute atomic E-state index is 0.286. The first kappa shape index (κ1) is 15.5. The summed E-state index contributed by atoms with van der Waals surface area (Å²) in [5, 5.41) is 20.5. The highest BCUT2D eigenvalue weighted by Crippen LogP contribution is 2.28. The van der Waals surface area contributed by atoms with Crippen LogP contribution in [0.15, 0.2) is 24.3 Å². The molecule has 0 aromatic heterocycles. The van der Waals surface area contributed by atoms with Gasteiger partial charge in [-0.1, -0.05) is 57.4 Å². The number of aliphatic hydroxyl groups is 2. The average molecular weight is 276 g/mol. The smallest absolute Gasteiger partial charge is 0.0842 e. The van der Waals surface area contributed by atoms with Crippen LogP contribution in [0.5, 0.6) is 0 Å². The van der Waals surface area contributed by atoms with E-state index < -0.39 is 12.2 Å². The molecule has 1 fully saturated rings. The predicted octanol–water partition coefficient (Wildman–Crippen LogP) is 3.65. The summed E-state index contributed by atoms with van der Waals surface area (Å²) >= 11 is 0. The first-order chi connectivity index (χ1) is 9.58. The molecule has 0 amide bonds. The first-order valence-corrected chi connectivity index (χ1v) is 8.03. The maximum atomic E-state index is 10.3. The molecule has 1 aliphatic carbocycles. The van der Waals surface area contributed by atoms with Crippen molar-refractivity contribution >= 4 is 0 Å². The van der Waals surface area contributed by atoms with Gasteiger partial charge in [0, 0.05) is 6.42 Å². The Kier molecular flexibility index (Phi) is 5.62. The van der Waals surface area contributed by atoms with Gasteiger partial charge in [-0.25, -0.2) is 0 Å². The van der Waals surface area contributed by atoms with Crippen LogP contribution in [0, 0.1) is 5.92 Å². The van der Waals surface area contributed by atoms with E-state index in [4.69, 9.17) is 0 Å². The van der Waals surface area contributed by atoms with Gasteiger partial charge in [0.25, 0.3) is 0 Å². The van der Waals surface area contributed by atoms with Crippen LogP contribution < -0.4 is 0 Å². The fourth-order valence-electron chi connectivity index (χ4n) is 3.19. The molecule has 1 aromatic rings. The number of benzene rings is 1. The van der Waals surface area contributed by atoms with Crippen molar-refractivity contribution in [3.05, 3.63) is 35.4 Å². The molecule has 0 radical (unpaired) electrons. The molecule has 112 valence electrons. The molecule has 0 heterocycles. The van der Waals surface area contributed by atoms with Crippen molar-refractivity contribution in [3.63, 3.8) is 0 Å². The highest BCUT2D eigenvalue weighted by molar-refractivity contribution is 5.25. The van der Waals surface area contributed by atoms with Crippen LogP contribution in [0.2, 0.25) is 0 Å². The lowest BCUT2D eigenvalue weighted by atomic mass is 9.82. The van der Waals surface area contributed by atoms with Crippen molar-refractivity contribution in [2.24, 2.45) is 5.92 Å². The van der Waals surface area contributed by atoms with Crippen molar-refractivity contribution in [1.82, 2.24) is 0 Å². The molecule has 1 aliphatic rings. The molecule has 2 rings (SSSR count). The lowest BCUT2D eigenvalue weighted by Gasteiger charge is -2.29. The molecule has 20 heavy (non-hydrogen) atoms. The largest absolute Gasteiger partial charge is 0.390 e. The molecular formula is C18H28O2. The van der Waals surface area contributed by atoms with E-state index in [-0.39, 0.29) is 5.92 Å². The Morgan fingerprint density at radius 3 is 2.15 bits per heavy atom. The zero-order valence-electron chi connectivity index (χ0n) is 12.8. The van der Waals surface area contributed by atoms with E-state index in [1.165, 1.54) is 24.8 Å². The summed E-state index contributed by atoms with van der Waals surface area (Å²) in [5.74, 6) is 0.815. The Hall–Kier alpha value is -0.860. The Bertz CT molecular complexity index is 390. The van der Waals surface area contributed by atoms with Crippen LogP contribution >= 0.6 is 0 Å². The molecule has 2 heteroatoms. The van der Waals surface area contributed by atoms with Gasteiger partial charge in [0.2, 0.25) is 0 Å². The third-order valence-corrected chi connectivity index (χ3v) is 4.62. The van der Waals surface area contributed by atoms with Crippen molar-refractivity contribution in [1.29, 1.82) is 0 Å². The highest BCUT2D eigenvalue weighted by Gasteiger charge is 2.27. The molecule has 0 spiro atoms. The summed E-state index contributed by atoms with van der Waals surface area (Å²) in [6.45, 7) is 4.35. The van der Waals surface area contributed by atoms with Gasteiger partial charge in [0.05, 0.1) is 12.2 Å². The fourth-order valence-corrected chi connectivity index (χ4v) is 3.19. The average Bonchev–Trinajstić information content (AvgIpc) is 2.48. The van der Waals surface area contributed by atoms with Crippen LogP contribution in [-0.2, 0) is 6.42 Å². The molecular weight excluding hydrogens is 248 g/mol. The van der Waals surface area contributed by atoms with Crippen molar-refractivity contribution in [2.45, 2.75) is 70.5 Å². The lowest BCUT2D eigenvalue weighted by Crippen LogP contribution is -2.36. The fraction of sp³-hybridized carbons (Fsp3) is 0.667. The Balaban J connectivity index is 1.91. The Morgan fingerprint density at radius 2 is 1.60 bits per heavy atom. The monoisotopic (exact) mass is 276 g/mol. The van der Waals surface area contributed by atoms with Crippen molar-refractivity contribution in [2.75, 3.05) is 0 Å². The normalized spacial score (nSPS) is 20.1. The molecule has 0 bridgehead atoms. The second kappa shape index (κ2) is 7.24. The zero-order valence-corrected chi connectivity index (χ0v) is 12.8. The minimum Gasteiger partial charge on any atom is -0.390 e. The van der Waals surface area contributed by atoms with Gasteiger partial charge in [0.1, 0.15) is 0 Å². The van der Waals surface area contributed by atoms with E-state index in [2.05, 4.69) is 38.1 Å². The summed E-state index contributed by atoms with van der Waals surface area (Å²) in [4.78, 5) is 0. The molecule has 2 unspecified atom stereocenters. The lowest BCUT2D eigenvalue weighted by molar-refractivity contribution is -0.0263. The zero-order chi connectivity index (χ0) is 14.5. The van der Waals surface area contributed by atoms with Gasteiger partial charge in [-0.3, -0.25) is 0 Å². The third kappa shape index (κ3) is 4.07. The van der Waals surface area contributed by atoms with E-state index >= 15 is 0 Å². The second-order valence-corrected chi connectivity index (χ2v) is 6.56. The first-order valence-electron chi connectivity index (χ1n) is 8.03. The summed E-state index contributed by atoms with van der Waals surface area (Å²) in [5.41, 5.74) is 2.42. The number of hydrogen-bond donors (Lipinski definition) is 2. The maximum Gasteiger partial charge on any atom is 0.0842 e. The SMILES string of the molecule is CC(C)c1ccc(CC(O)C(O)C2CCCCC2)cc1. The van der Waals surface area contributed by atoms with E-state index in [1.54, 1.807) is 0 Å². The topological polar surface area (TPSA) is 40.5 Å². The summed E-state index contributed by atoms with van der Waals surface area (Å²) in [6.07, 6.45) is 5.12. The molecule has 0 aliphatic heterocycles. The van der Waals surface area contributed by atoms with Crippen LogP contribution in [0.25, 0.3) is 0 Å². The quantitative estimate of drug-likeness (QED) is 0.861. The van der Waals surface area contributed by atoms with Gasteiger partial charge < -0.3 is 10.2 Å². The van der Waals surface area contributed by atoms with E-state index in [1.807, 2.05) is 0 Å². The summed E-state index contributed by atoms with van der Waals surface area (Å²) in [7, 11) is 0. The van der Waals surface area contributed by atoms with Gasteiger partial charge in [-0.2, -0.15) is 0 Å². The van der Waals surface area contributed by atoms with Gasteiger partial charge >= 0.3 is 0 Å². The van der Waals surface area contributed by atoms with Crippen LogP contribution in [0.4, 0.5) is 0 Å². The molecule has 1 saturated carbocycles. The van der Waals surface area contributed by atoms with E-state index in [0.717, 1.165) is 18.4 Å². The Morgan fingerprint density at radius 1 is 1.00 bits per heavy atom. The third-order valence-electron chi connectivity index (χ3n) is 4.62. The summed E-state index contributed by atoms with van der Waals surface area (Å²) in [6, 6.07) is 8.40. The number of aliphatic hydroxyl groups excluding tert-OH is 2. The molecule has 2 nitrogen and oxygen atoms in total. The standard InChI is InChI=1S/C18H28O2/c1-13(2)15-10-8-14(9-11-15)12-17(19)18(20)16-6-4-3-5-7-16/h8-11,13,16-20H,3-7,12H2,1-2H3. The van der Waals surface area contributed by atoms with Gasteiger partial charge in [0.15, 0.2) is 0 Å². The molecule has 0 saturated heterocycles. The summed E-state index contributed by atoms with van der Waals surface area (Å²) < 4.78 is 0. The Labute approximate surface area is 122 Å².